The first-order chi connectivity index (χ1) is 8.66. The lowest BCUT2D eigenvalue weighted by Crippen LogP contribution is -2.46. The molecule has 1 saturated heterocycles. The molecule has 18 heavy (non-hydrogen) atoms. The summed E-state index contributed by atoms with van der Waals surface area (Å²) in [6.07, 6.45) is 2.89. The first-order valence-electron chi connectivity index (χ1n) is 5.92. The van der Waals surface area contributed by atoms with E-state index in [4.69, 9.17) is 4.74 Å². The van der Waals surface area contributed by atoms with Crippen molar-refractivity contribution in [3.63, 3.8) is 0 Å². The number of ether oxygens (including phenoxy) is 1. The van der Waals surface area contributed by atoms with Crippen molar-refractivity contribution >= 4 is 5.91 Å². The molecule has 0 aliphatic carbocycles. The van der Waals surface area contributed by atoms with Crippen LogP contribution in [0.5, 0.6) is 0 Å². The van der Waals surface area contributed by atoms with Gasteiger partial charge in [-0.2, -0.15) is 0 Å². The molecule has 1 unspecified atom stereocenters. The van der Waals surface area contributed by atoms with E-state index in [1.165, 1.54) is 18.5 Å². The Morgan fingerprint density at radius 2 is 2.50 bits per heavy atom. The van der Waals surface area contributed by atoms with Gasteiger partial charge in [-0.05, 0) is 7.05 Å². The molecule has 2 heterocycles. The maximum absolute atomic E-state index is 11.8. The molecule has 6 heteroatoms. The number of hydrogen-bond acceptors (Lipinski definition) is 4. The number of likely N-dealkylation sites (N-methyl/N-ethyl adjacent to an activating group) is 1. The number of rotatable bonds is 3. The third kappa shape index (κ3) is 3.18. The largest absolute Gasteiger partial charge is 0.374 e. The molecule has 1 aromatic heterocycles. The molecule has 1 aromatic rings. The number of aromatic nitrogens is 1. The minimum Gasteiger partial charge on any atom is -0.374 e. The number of pyridine rings is 1. The fourth-order valence-corrected chi connectivity index (χ4v) is 1.89. The van der Waals surface area contributed by atoms with Gasteiger partial charge in [0, 0.05) is 38.1 Å². The van der Waals surface area contributed by atoms with E-state index in [0.29, 0.717) is 13.2 Å². The Hall–Kier alpha value is -1.66. The lowest BCUT2D eigenvalue weighted by Gasteiger charge is -2.30. The van der Waals surface area contributed by atoms with Gasteiger partial charge in [-0.25, -0.2) is 0 Å². The van der Waals surface area contributed by atoms with E-state index < -0.39 is 0 Å². The minimum atomic E-state index is -0.367. The molecule has 0 bridgehead atoms. The van der Waals surface area contributed by atoms with Crippen molar-refractivity contribution in [2.45, 2.75) is 6.10 Å². The average molecular weight is 251 g/mol. The second-order valence-electron chi connectivity index (χ2n) is 4.39. The van der Waals surface area contributed by atoms with Crippen molar-refractivity contribution in [2.24, 2.45) is 0 Å². The fraction of sp³-hybridized carbons (Fsp3) is 0.500. The maximum atomic E-state index is 11.8. The van der Waals surface area contributed by atoms with Gasteiger partial charge in [0.1, 0.15) is 5.56 Å². The zero-order valence-electron chi connectivity index (χ0n) is 10.3. The monoisotopic (exact) mass is 251 g/mol. The Bertz CT molecular complexity index is 472. The zero-order chi connectivity index (χ0) is 13.0. The highest BCUT2D eigenvalue weighted by atomic mass is 16.5. The van der Waals surface area contributed by atoms with E-state index in [0.717, 1.165) is 13.1 Å². The van der Waals surface area contributed by atoms with Gasteiger partial charge in [-0.3, -0.25) is 9.59 Å². The van der Waals surface area contributed by atoms with E-state index in [1.807, 2.05) is 7.05 Å². The highest BCUT2D eigenvalue weighted by Gasteiger charge is 2.19. The predicted octanol–water partition coefficient (Wildman–Crippen LogP) is -0.565. The molecule has 6 nitrogen and oxygen atoms in total. The number of carbonyl (C=O) groups is 1. The molecule has 2 rings (SSSR count). The summed E-state index contributed by atoms with van der Waals surface area (Å²) < 4.78 is 5.52. The smallest absolute Gasteiger partial charge is 0.256 e. The Morgan fingerprint density at radius 3 is 3.22 bits per heavy atom. The third-order valence-electron chi connectivity index (χ3n) is 2.90. The van der Waals surface area contributed by atoms with Gasteiger partial charge in [0.05, 0.1) is 12.7 Å². The van der Waals surface area contributed by atoms with Crippen LogP contribution >= 0.6 is 0 Å². The normalized spacial score (nSPS) is 20.6. The molecule has 1 atom stereocenters. The molecule has 0 spiro atoms. The fourth-order valence-electron chi connectivity index (χ4n) is 1.89. The SMILES string of the molecule is CN1CCOC(CNC(=O)c2c[nH]ccc2=O)C1. The van der Waals surface area contributed by atoms with Crippen molar-refractivity contribution in [3.8, 4) is 0 Å². The van der Waals surface area contributed by atoms with Crippen molar-refractivity contribution in [1.82, 2.24) is 15.2 Å². The highest BCUT2D eigenvalue weighted by molar-refractivity contribution is 5.93. The van der Waals surface area contributed by atoms with Crippen LogP contribution in [0.2, 0.25) is 0 Å². The molecule has 0 radical (unpaired) electrons. The van der Waals surface area contributed by atoms with Gasteiger partial charge in [-0.1, -0.05) is 0 Å². The van der Waals surface area contributed by atoms with Gasteiger partial charge < -0.3 is 19.9 Å². The van der Waals surface area contributed by atoms with Crippen LogP contribution in [0.15, 0.2) is 23.3 Å². The lowest BCUT2D eigenvalue weighted by molar-refractivity contribution is -0.0175. The summed E-state index contributed by atoms with van der Waals surface area (Å²) in [7, 11) is 2.01. The van der Waals surface area contributed by atoms with E-state index >= 15 is 0 Å². The number of morpholine rings is 1. The lowest BCUT2D eigenvalue weighted by atomic mass is 10.2. The topological polar surface area (TPSA) is 74.4 Å². The first kappa shape index (κ1) is 12.8. The quantitative estimate of drug-likeness (QED) is 0.755. The van der Waals surface area contributed by atoms with Crippen LogP contribution in [0.1, 0.15) is 10.4 Å². The van der Waals surface area contributed by atoms with Crippen LogP contribution in [-0.4, -0.2) is 55.2 Å². The molecular weight excluding hydrogens is 234 g/mol. The van der Waals surface area contributed by atoms with Gasteiger partial charge >= 0.3 is 0 Å². The van der Waals surface area contributed by atoms with Crippen LogP contribution in [0, 0.1) is 0 Å². The standard InChI is InChI=1S/C12H17N3O3/c1-15-4-5-18-9(8-15)6-14-12(17)10-7-13-3-2-11(10)16/h2-3,7,9H,4-6,8H2,1H3,(H,13,16)(H,14,17). The summed E-state index contributed by atoms with van der Waals surface area (Å²) in [5, 5.41) is 2.72. The Morgan fingerprint density at radius 1 is 1.67 bits per heavy atom. The second kappa shape index (κ2) is 5.79. The molecular formula is C12H17N3O3. The number of nitrogens with zero attached hydrogens (tertiary/aromatic N) is 1. The summed E-state index contributed by atoms with van der Waals surface area (Å²) in [5.74, 6) is -0.367. The van der Waals surface area contributed by atoms with Crippen molar-refractivity contribution in [3.05, 3.63) is 34.2 Å². The van der Waals surface area contributed by atoms with Crippen molar-refractivity contribution < 1.29 is 9.53 Å². The maximum Gasteiger partial charge on any atom is 0.256 e. The number of H-pyrrole nitrogens is 1. The van der Waals surface area contributed by atoms with Gasteiger partial charge in [0.15, 0.2) is 5.43 Å². The van der Waals surface area contributed by atoms with E-state index in [2.05, 4.69) is 15.2 Å². The van der Waals surface area contributed by atoms with Crippen molar-refractivity contribution in [1.29, 1.82) is 0 Å². The van der Waals surface area contributed by atoms with E-state index in [9.17, 15) is 9.59 Å². The Balaban J connectivity index is 1.89. The van der Waals surface area contributed by atoms with Gasteiger partial charge in [0.2, 0.25) is 0 Å². The summed E-state index contributed by atoms with van der Waals surface area (Å²) in [5.41, 5.74) is -0.158. The number of nitrogens with one attached hydrogen (secondary N) is 2. The molecule has 1 amide bonds. The molecule has 0 aromatic carbocycles. The summed E-state index contributed by atoms with van der Waals surface area (Å²) in [6, 6.07) is 1.33. The zero-order valence-corrected chi connectivity index (χ0v) is 10.3. The van der Waals surface area contributed by atoms with Gasteiger partial charge in [-0.15, -0.1) is 0 Å². The number of aromatic amines is 1. The second-order valence-corrected chi connectivity index (χ2v) is 4.39. The number of amides is 1. The minimum absolute atomic E-state index is 0.0181. The Labute approximate surface area is 105 Å². The third-order valence-corrected chi connectivity index (χ3v) is 2.90. The van der Waals surface area contributed by atoms with Gasteiger partial charge in [0.25, 0.3) is 5.91 Å². The van der Waals surface area contributed by atoms with Crippen LogP contribution < -0.4 is 10.7 Å². The van der Waals surface area contributed by atoms with Crippen LogP contribution in [0.4, 0.5) is 0 Å². The molecule has 2 N–H and O–H groups in total. The summed E-state index contributed by atoms with van der Waals surface area (Å²) in [4.78, 5) is 28.1. The highest BCUT2D eigenvalue weighted by Crippen LogP contribution is 2.01. The Kier molecular flexibility index (Phi) is 4.11. The van der Waals surface area contributed by atoms with E-state index in [-0.39, 0.29) is 23.0 Å². The predicted molar refractivity (Wildman–Crippen MR) is 66.6 cm³/mol. The van der Waals surface area contributed by atoms with E-state index in [1.54, 1.807) is 0 Å². The molecule has 1 aliphatic heterocycles. The van der Waals surface area contributed by atoms with Crippen molar-refractivity contribution in [2.75, 3.05) is 33.3 Å². The van der Waals surface area contributed by atoms with Crippen LogP contribution in [-0.2, 0) is 4.74 Å². The molecule has 0 saturated carbocycles. The summed E-state index contributed by atoms with van der Waals surface area (Å²) in [6.45, 7) is 2.77. The van der Waals surface area contributed by atoms with Crippen LogP contribution in [0.25, 0.3) is 0 Å². The molecule has 1 aliphatic rings. The number of hydrogen-bond donors (Lipinski definition) is 2. The summed E-state index contributed by atoms with van der Waals surface area (Å²) >= 11 is 0. The number of carbonyl (C=O) groups excluding carboxylic acids is 1. The first-order valence-corrected chi connectivity index (χ1v) is 5.92. The molecule has 98 valence electrons. The molecule has 1 fully saturated rings. The van der Waals surface area contributed by atoms with Crippen LogP contribution in [0.3, 0.4) is 0 Å². The average Bonchev–Trinajstić information content (AvgIpc) is 2.37.